The predicted octanol–water partition coefficient (Wildman–Crippen LogP) is 14.0. The van der Waals surface area contributed by atoms with Gasteiger partial charge in [-0.05, 0) is 37.5 Å². The fraction of sp³-hybridized carbons (Fsp3) is 0.972. The van der Waals surface area contributed by atoms with E-state index in [0.717, 1.165) is 5.92 Å². The maximum absolute atomic E-state index is 2.34. The second kappa shape index (κ2) is 31.2. The molecule has 0 amide bonds. The molecular weight excluding hydrogens is 432 g/mol. The van der Waals surface area contributed by atoms with Crippen LogP contribution in [0.25, 0.3) is 0 Å². The van der Waals surface area contributed by atoms with E-state index in [1.807, 2.05) is 5.92 Å². The molecule has 0 aliphatic carbocycles. The van der Waals surface area contributed by atoms with Gasteiger partial charge in [-0.2, -0.15) is 0 Å². The van der Waals surface area contributed by atoms with Crippen molar-refractivity contribution in [2.75, 3.05) is 0 Å². The number of hydrogen-bond donors (Lipinski definition) is 0. The molecule has 0 aromatic rings. The van der Waals surface area contributed by atoms with Gasteiger partial charge in [0.25, 0.3) is 0 Å². The summed E-state index contributed by atoms with van der Waals surface area (Å²) in [6.45, 7) is 9.34. The molecule has 1 unspecified atom stereocenters. The van der Waals surface area contributed by atoms with Crippen LogP contribution in [0.2, 0.25) is 0 Å². The molecular formula is C36H73. The molecule has 0 fully saturated rings. The summed E-state index contributed by atoms with van der Waals surface area (Å²) in [4.78, 5) is 0. The Morgan fingerprint density at radius 1 is 0.306 bits per heavy atom. The van der Waals surface area contributed by atoms with Crippen molar-refractivity contribution in [3.63, 3.8) is 0 Å². The number of hydrogen-bond acceptors (Lipinski definition) is 0. The van der Waals surface area contributed by atoms with Gasteiger partial charge in [0.05, 0.1) is 0 Å². The molecule has 0 aliphatic rings. The average Bonchev–Trinajstić information content (AvgIpc) is 2.89. The van der Waals surface area contributed by atoms with Crippen molar-refractivity contribution < 1.29 is 0 Å². The van der Waals surface area contributed by atoms with Crippen molar-refractivity contribution in [2.45, 2.75) is 220 Å². The van der Waals surface area contributed by atoms with Crippen LogP contribution in [-0.2, 0) is 0 Å². The highest BCUT2D eigenvalue weighted by Gasteiger charge is 2.21. The lowest BCUT2D eigenvalue weighted by Crippen LogP contribution is -2.14. The number of rotatable bonds is 31. The third-order valence-corrected chi connectivity index (χ3v) is 8.59. The molecule has 36 heavy (non-hydrogen) atoms. The lowest BCUT2D eigenvalue weighted by atomic mass is 9.78. The lowest BCUT2D eigenvalue weighted by Gasteiger charge is -2.28. The van der Waals surface area contributed by atoms with Gasteiger partial charge in [0, 0.05) is 0 Å². The van der Waals surface area contributed by atoms with E-state index in [9.17, 15) is 0 Å². The van der Waals surface area contributed by atoms with Crippen LogP contribution in [0.15, 0.2) is 0 Å². The Bertz CT molecular complexity index is 356. The molecule has 0 heteroatoms. The van der Waals surface area contributed by atoms with Gasteiger partial charge in [0.2, 0.25) is 0 Å². The molecule has 0 bridgehead atoms. The molecule has 0 saturated carbocycles. The minimum absolute atomic E-state index is 0.947. The van der Waals surface area contributed by atoms with Crippen molar-refractivity contribution in [1.82, 2.24) is 0 Å². The summed E-state index contributed by atoms with van der Waals surface area (Å²) < 4.78 is 0. The first-order valence-corrected chi connectivity index (χ1v) is 17.6. The van der Waals surface area contributed by atoms with E-state index in [-0.39, 0.29) is 0 Å². The van der Waals surface area contributed by atoms with Crippen LogP contribution in [0.3, 0.4) is 0 Å². The van der Waals surface area contributed by atoms with Crippen LogP contribution in [0.5, 0.6) is 0 Å². The van der Waals surface area contributed by atoms with Gasteiger partial charge < -0.3 is 0 Å². The summed E-state index contributed by atoms with van der Waals surface area (Å²) in [5.74, 6) is 2.96. The Morgan fingerprint density at radius 2 is 0.556 bits per heavy atom. The first-order chi connectivity index (χ1) is 17.8. The van der Waals surface area contributed by atoms with Crippen molar-refractivity contribution in [3.8, 4) is 0 Å². The van der Waals surface area contributed by atoms with Gasteiger partial charge >= 0.3 is 0 Å². The Hall–Kier alpha value is 0. The molecule has 0 saturated heterocycles. The highest BCUT2D eigenvalue weighted by atomic mass is 14.3. The summed E-state index contributed by atoms with van der Waals surface area (Å²) in [6.07, 6.45) is 43.7. The highest BCUT2D eigenvalue weighted by Crippen LogP contribution is 2.35. The normalized spacial score (nSPS) is 12.6. The SMILES string of the molecule is CCCCCCCCCCC(CCCCCCCC)[C](CCCCCCCC)CCCCCCCC. The van der Waals surface area contributed by atoms with Crippen LogP contribution >= 0.6 is 0 Å². The topological polar surface area (TPSA) is 0 Å². The summed E-state index contributed by atoms with van der Waals surface area (Å²) in [7, 11) is 0. The average molecular weight is 506 g/mol. The molecule has 0 nitrogen and oxygen atoms in total. The fourth-order valence-electron chi connectivity index (χ4n) is 6.05. The summed E-state index contributed by atoms with van der Waals surface area (Å²) in [5.41, 5.74) is 0. The minimum atomic E-state index is 0.947. The highest BCUT2D eigenvalue weighted by molar-refractivity contribution is 4.96. The fourth-order valence-corrected chi connectivity index (χ4v) is 6.05. The van der Waals surface area contributed by atoms with Gasteiger partial charge in [-0.15, -0.1) is 0 Å². The molecule has 217 valence electrons. The van der Waals surface area contributed by atoms with Crippen LogP contribution < -0.4 is 0 Å². The van der Waals surface area contributed by atoms with Crippen LogP contribution in [0.1, 0.15) is 220 Å². The molecule has 1 radical (unpaired) electrons. The first kappa shape index (κ1) is 36.0. The molecule has 0 heterocycles. The summed E-state index contributed by atoms with van der Waals surface area (Å²) >= 11 is 0. The molecule has 0 aromatic carbocycles. The Morgan fingerprint density at radius 3 is 0.861 bits per heavy atom. The van der Waals surface area contributed by atoms with Crippen molar-refractivity contribution in [1.29, 1.82) is 0 Å². The third kappa shape index (κ3) is 25.6. The molecule has 0 spiro atoms. The van der Waals surface area contributed by atoms with Crippen LogP contribution in [-0.4, -0.2) is 0 Å². The van der Waals surface area contributed by atoms with E-state index in [0.29, 0.717) is 0 Å². The monoisotopic (exact) mass is 506 g/mol. The molecule has 1 atom stereocenters. The van der Waals surface area contributed by atoms with E-state index in [2.05, 4.69) is 27.7 Å². The van der Waals surface area contributed by atoms with Gasteiger partial charge in [-0.3, -0.25) is 0 Å². The zero-order valence-corrected chi connectivity index (χ0v) is 26.3. The predicted molar refractivity (Wildman–Crippen MR) is 168 cm³/mol. The smallest absolute Gasteiger partial charge is 0.0210 e. The zero-order chi connectivity index (χ0) is 26.4. The minimum Gasteiger partial charge on any atom is -0.0654 e. The second-order valence-corrected chi connectivity index (χ2v) is 12.2. The van der Waals surface area contributed by atoms with E-state index in [1.165, 1.54) is 193 Å². The molecule has 0 rings (SSSR count). The maximum atomic E-state index is 2.34. The van der Waals surface area contributed by atoms with Crippen molar-refractivity contribution >= 4 is 0 Å². The molecule has 0 N–H and O–H groups in total. The Balaban J connectivity index is 4.66. The van der Waals surface area contributed by atoms with Crippen LogP contribution in [0.4, 0.5) is 0 Å². The van der Waals surface area contributed by atoms with Gasteiger partial charge in [0.1, 0.15) is 0 Å². The Labute approximate surface area is 232 Å². The standard InChI is InChI=1S/C36H73/c1-5-9-13-17-21-22-26-30-34-36(33-29-25-20-16-12-8-4)35(31-27-23-18-14-10-6-2)32-28-24-19-15-11-7-3/h36H,5-34H2,1-4H3. The maximum Gasteiger partial charge on any atom is -0.0210 e. The van der Waals surface area contributed by atoms with Gasteiger partial charge in [-0.25, -0.2) is 0 Å². The van der Waals surface area contributed by atoms with E-state index in [1.54, 1.807) is 0 Å². The zero-order valence-electron chi connectivity index (χ0n) is 26.3. The summed E-state index contributed by atoms with van der Waals surface area (Å²) in [6, 6.07) is 0. The Kier molecular flexibility index (Phi) is 31.2. The first-order valence-electron chi connectivity index (χ1n) is 17.6. The lowest BCUT2D eigenvalue weighted by molar-refractivity contribution is 0.371. The second-order valence-electron chi connectivity index (χ2n) is 12.2. The quantitative estimate of drug-likeness (QED) is 0.0821. The third-order valence-electron chi connectivity index (χ3n) is 8.59. The molecule has 0 aliphatic heterocycles. The molecule has 0 aromatic heterocycles. The van der Waals surface area contributed by atoms with E-state index in [4.69, 9.17) is 0 Å². The van der Waals surface area contributed by atoms with E-state index < -0.39 is 0 Å². The van der Waals surface area contributed by atoms with Gasteiger partial charge in [-0.1, -0.05) is 195 Å². The van der Waals surface area contributed by atoms with E-state index >= 15 is 0 Å². The van der Waals surface area contributed by atoms with Crippen LogP contribution in [0, 0.1) is 11.8 Å². The van der Waals surface area contributed by atoms with Crippen molar-refractivity contribution in [3.05, 3.63) is 5.92 Å². The van der Waals surface area contributed by atoms with Gasteiger partial charge in [0.15, 0.2) is 0 Å². The largest absolute Gasteiger partial charge is 0.0654 e. The summed E-state index contributed by atoms with van der Waals surface area (Å²) in [5, 5.41) is 0. The number of unbranched alkanes of at least 4 members (excludes halogenated alkanes) is 22. The van der Waals surface area contributed by atoms with Crippen molar-refractivity contribution in [2.24, 2.45) is 5.92 Å².